The highest BCUT2D eigenvalue weighted by Crippen LogP contribution is 2.23. The minimum Gasteiger partial charge on any atom is -0.487 e. The number of aryl methyl sites for hydroxylation is 2. The average molecular weight is 339 g/mol. The van der Waals surface area contributed by atoms with Crippen molar-refractivity contribution in [3.8, 4) is 5.75 Å². The topological polar surface area (TPSA) is 47.3 Å². The molecule has 1 atom stereocenters. The van der Waals surface area contributed by atoms with E-state index in [2.05, 4.69) is 28.0 Å². The van der Waals surface area contributed by atoms with Crippen LogP contribution in [0.2, 0.25) is 0 Å². The van der Waals surface area contributed by atoms with Gasteiger partial charge in [0.2, 0.25) is 0 Å². The van der Waals surface area contributed by atoms with E-state index in [-0.39, 0.29) is 0 Å². The summed E-state index contributed by atoms with van der Waals surface area (Å²) in [5, 5.41) is 13.9. The fourth-order valence-corrected chi connectivity index (χ4v) is 2.40. The molecule has 1 N–H and O–H groups in total. The Morgan fingerprint density at radius 3 is 2.55 bits per heavy atom. The van der Waals surface area contributed by atoms with Crippen LogP contribution in [0.4, 0.5) is 0 Å². The van der Waals surface area contributed by atoms with Gasteiger partial charge in [-0.2, -0.15) is 5.10 Å². The summed E-state index contributed by atoms with van der Waals surface area (Å²) < 4.78 is 8.73. The maximum Gasteiger partial charge on any atom is 0.131 e. The number of ether oxygens (including phenoxy) is 1. The van der Waals surface area contributed by atoms with E-state index in [1.807, 2.05) is 35.9 Å². The van der Waals surface area contributed by atoms with Crippen molar-refractivity contribution in [2.75, 3.05) is 0 Å². The van der Waals surface area contributed by atoms with Crippen molar-refractivity contribution in [3.05, 3.63) is 45.7 Å². The van der Waals surface area contributed by atoms with Crippen molar-refractivity contribution in [2.45, 2.75) is 40.0 Å². The molecule has 1 aromatic heterocycles. The van der Waals surface area contributed by atoms with Gasteiger partial charge in [-0.3, -0.25) is 4.68 Å². The first-order chi connectivity index (χ1) is 9.52. The number of aromatic nitrogens is 2. The van der Waals surface area contributed by atoms with Crippen LogP contribution in [-0.2, 0) is 13.2 Å². The Kier molecular flexibility index (Phi) is 4.83. The maximum atomic E-state index is 9.47. The van der Waals surface area contributed by atoms with Gasteiger partial charge < -0.3 is 9.84 Å². The molecule has 1 heterocycles. The van der Waals surface area contributed by atoms with Gasteiger partial charge in [0.25, 0.3) is 0 Å². The molecule has 0 saturated carbocycles. The Hall–Kier alpha value is -1.33. The summed E-state index contributed by atoms with van der Waals surface area (Å²) >= 11 is 3.55. The molecule has 0 unspecified atom stereocenters. The third kappa shape index (κ3) is 3.22. The van der Waals surface area contributed by atoms with E-state index in [1.165, 1.54) is 0 Å². The highest BCUT2D eigenvalue weighted by atomic mass is 79.9. The number of rotatable bonds is 5. The van der Waals surface area contributed by atoms with Gasteiger partial charge in [-0.1, -0.05) is 12.1 Å². The lowest BCUT2D eigenvalue weighted by molar-refractivity contribution is 0.199. The lowest BCUT2D eigenvalue weighted by atomic mass is 10.1. The number of halogens is 1. The van der Waals surface area contributed by atoms with E-state index in [0.717, 1.165) is 33.7 Å². The molecule has 0 aliphatic carbocycles. The number of nitrogens with zero attached hydrogens (tertiary/aromatic N) is 2. The summed E-state index contributed by atoms with van der Waals surface area (Å²) in [6.45, 7) is 7.04. The number of benzene rings is 1. The van der Waals surface area contributed by atoms with Crippen molar-refractivity contribution < 1.29 is 9.84 Å². The van der Waals surface area contributed by atoms with Gasteiger partial charge in [0.1, 0.15) is 12.4 Å². The standard InChI is InChI=1S/C15H19BrN2O2/c1-4-18-14(15(16)10(2)17-18)9-20-13-7-5-12(6-8-13)11(3)19/h5-8,11,19H,4,9H2,1-3H3/t11-/m0/s1. The van der Waals surface area contributed by atoms with Crippen LogP contribution in [0.3, 0.4) is 0 Å². The SMILES string of the molecule is CCn1nc(C)c(Br)c1COc1ccc([C@H](C)O)cc1. The van der Waals surface area contributed by atoms with Gasteiger partial charge >= 0.3 is 0 Å². The Morgan fingerprint density at radius 1 is 1.35 bits per heavy atom. The normalized spacial score (nSPS) is 12.4. The Labute approximate surface area is 127 Å². The summed E-state index contributed by atoms with van der Waals surface area (Å²) in [6, 6.07) is 7.49. The molecule has 0 saturated heterocycles. The molecule has 0 aliphatic rings. The third-order valence-corrected chi connectivity index (χ3v) is 4.22. The molecule has 4 nitrogen and oxygen atoms in total. The highest BCUT2D eigenvalue weighted by molar-refractivity contribution is 9.10. The molecule has 0 spiro atoms. The van der Waals surface area contributed by atoms with Gasteiger partial charge in [-0.05, 0) is 54.4 Å². The molecule has 0 radical (unpaired) electrons. The molecule has 0 fully saturated rings. The number of aliphatic hydroxyl groups excluding tert-OH is 1. The smallest absolute Gasteiger partial charge is 0.131 e. The van der Waals surface area contributed by atoms with E-state index in [9.17, 15) is 5.11 Å². The molecule has 2 rings (SSSR count). The average Bonchev–Trinajstić information content (AvgIpc) is 2.72. The van der Waals surface area contributed by atoms with E-state index < -0.39 is 6.10 Å². The number of hydrogen-bond donors (Lipinski definition) is 1. The predicted octanol–water partition coefficient (Wildman–Crippen LogP) is 3.61. The molecule has 0 aliphatic heterocycles. The Bertz CT molecular complexity index is 576. The third-order valence-electron chi connectivity index (χ3n) is 3.19. The second kappa shape index (κ2) is 6.41. The van der Waals surface area contributed by atoms with Crippen LogP contribution < -0.4 is 4.74 Å². The number of hydrogen-bond acceptors (Lipinski definition) is 3. The zero-order valence-corrected chi connectivity index (χ0v) is 13.5. The van der Waals surface area contributed by atoms with E-state index in [1.54, 1.807) is 6.92 Å². The van der Waals surface area contributed by atoms with E-state index >= 15 is 0 Å². The minimum absolute atomic E-state index is 0.456. The molecule has 108 valence electrons. The van der Waals surface area contributed by atoms with Crippen LogP contribution >= 0.6 is 15.9 Å². The van der Waals surface area contributed by atoms with Gasteiger partial charge in [-0.15, -0.1) is 0 Å². The van der Waals surface area contributed by atoms with Crippen molar-refractivity contribution >= 4 is 15.9 Å². The monoisotopic (exact) mass is 338 g/mol. The molecule has 5 heteroatoms. The zero-order chi connectivity index (χ0) is 14.7. The highest BCUT2D eigenvalue weighted by Gasteiger charge is 2.12. The van der Waals surface area contributed by atoms with Crippen LogP contribution in [0, 0.1) is 6.92 Å². The minimum atomic E-state index is -0.456. The molecular weight excluding hydrogens is 320 g/mol. The fourth-order valence-electron chi connectivity index (χ4n) is 2.00. The van der Waals surface area contributed by atoms with Crippen molar-refractivity contribution in [1.29, 1.82) is 0 Å². The van der Waals surface area contributed by atoms with E-state index in [4.69, 9.17) is 4.74 Å². The molecule has 20 heavy (non-hydrogen) atoms. The van der Waals surface area contributed by atoms with Crippen molar-refractivity contribution in [1.82, 2.24) is 9.78 Å². The summed E-state index contributed by atoms with van der Waals surface area (Å²) in [5.41, 5.74) is 2.88. The van der Waals surface area contributed by atoms with Crippen LogP contribution in [0.25, 0.3) is 0 Å². The summed E-state index contributed by atoms with van der Waals surface area (Å²) in [7, 11) is 0. The molecule has 0 bridgehead atoms. The number of aliphatic hydroxyl groups is 1. The van der Waals surface area contributed by atoms with Crippen LogP contribution in [0.5, 0.6) is 5.75 Å². The zero-order valence-electron chi connectivity index (χ0n) is 11.9. The first-order valence-corrected chi connectivity index (χ1v) is 7.44. The first-order valence-electron chi connectivity index (χ1n) is 6.65. The summed E-state index contributed by atoms with van der Waals surface area (Å²) in [4.78, 5) is 0. The van der Waals surface area contributed by atoms with Gasteiger partial charge in [-0.25, -0.2) is 0 Å². The van der Waals surface area contributed by atoms with Gasteiger partial charge in [0, 0.05) is 6.54 Å². The molecular formula is C15H19BrN2O2. The lowest BCUT2D eigenvalue weighted by Gasteiger charge is -2.10. The molecule has 2 aromatic rings. The van der Waals surface area contributed by atoms with E-state index in [0.29, 0.717) is 6.61 Å². The summed E-state index contributed by atoms with van der Waals surface area (Å²) in [5.74, 6) is 0.780. The molecule has 1 aromatic carbocycles. The second-order valence-corrected chi connectivity index (χ2v) is 5.49. The largest absolute Gasteiger partial charge is 0.487 e. The fraction of sp³-hybridized carbons (Fsp3) is 0.400. The Morgan fingerprint density at radius 2 is 2.00 bits per heavy atom. The molecule has 0 amide bonds. The first kappa shape index (κ1) is 15.1. The Balaban J connectivity index is 2.09. The lowest BCUT2D eigenvalue weighted by Crippen LogP contribution is -2.06. The van der Waals surface area contributed by atoms with Crippen LogP contribution in [0.15, 0.2) is 28.7 Å². The maximum absolute atomic E-state index is 9.47. The van der Waals surface area contributed by atoms with Gasteiger partial charge in [0.15, 0.2) is 0 Å². The van der Waals surface area contributed by atoms with Crippen LogP contribution in [0.1, 0.15) is 36.9 Å². The van der Waals surface area contributed by atoms with Crippen LogP contribution in [-0.4, -0.2) is 14.9 Å². The predicted molar refractivity (Wildman–Crippen MR) is 81.7 cm³/mol. The summed E-state index contributed by atoms with van der Waals surface area (Å²) in [6.07, 6.45) is -0.456. The van der Waals surface area contributed by atoms with Crippen molar-refractivity contribution in [2.24, 2.45) is 0 Å². The van der Waals surface area contributed by atoms with Gasteiger partial charge in [0.05, 0.1) is 22.0 Å². The quantitative estimate of drug-likeness (QED) is 0.905. The second-order valence-electron chi connectivity index (χ2n) is 4.70. The van der Waals surface area contributed by atoms with Crippen molar-refractivity contribution in [3.63, 3.8) is 0 Å².